The van der Waals surface area contributed by atoms with Crippen molar-refractivity contribution in [3.8, 4) is 5.75 Å². The number of benzene rings is 1. The van der Waals surface area contributed by atoms with Crippen molar-refractivity contribution in [2.24, 2.45) is 0 Å². The quantitative estimate of drug-likeness (QED) is 0.507. The largest absolute Gasteiger partial charge is 0.508 e. The Kier molecular flexibility index (Phi) is 5.13. The standard InChI is InChI=1S/C18H15FN4O4/c19-13-9-20-18(23-17(13)21-11-4-2-5-12(24)8-11)22-14-6-1-3-10(16(14)27)7-15(25)26/h1-9,16,24,27H,(H,25,26)(H2,20,21,22,23). The summed E-state index contributed by atoms with van der Waals surface area (Å²) in [5.74, 6) is -2.04. The zero-order valence-electron chi connectivity index (χ0n) is 13.8. The molecule has 0 saturated carbocycles. The number of aliphatic hydroxyl groups excluding tert-OH is 1. The highest BCUT2D eigenvalue weighted by Gasteiger charge is 2.19. The average Bonchev–Trinajstić information content (AvgIpc) is 2.61. The van der Waals surface area contributed by atoms with Crippen molar-refractivity contribution in [3.05, 3.63) is 71.9 Å². The Morgan fingerprint density at radius 2 is 2.11 bits per heavy atom. The molecule has 8 nitrogen and oxygen atoms in total. The topological polar surface area (TPSA) is 128 Å². The number of anilines is 3. The molecule has 1 unspecified atom stereocenters. The third-order valence-corrected chi connectivity index (χ3v) is 3.57. The monoisotopic (exact) mass is 370 g/mol. The molecule has 0 aliphatic heterocycles. The van der Waals surface area contributed by atoms with Gasteiger partial charge in [0.1, 0.15) is 11.9 Å². The molecule has 27 heavy (non-hydrogen) atoms. The Hall–Kier alpha value is -3.72. The van der Waals surface area contributed by atoms with Gasteiger partial charge in [0.05, 0.1) is 11.9 Å². The number of allylic oxidation sites excluding steroid dienone is 2. The Labute approximate surface area is 153 Å². The molecule has 0 bridgehead atoms. The molecule has 1 heterocycles. The van der Waals surface area contributed by atoms with Crippen molar-refractivity contribution in [1.82, 2.24) is 9.97 Å². The van der Waals surface area contributed by atoms with Gasteiger partial charge in [0, 0.05) is 17.8 Å². The number of aromatic nitrogens is 2. The summed E-state index contributed by atoms with van der Waals surface area (Å²) < 4.78 is 14.0. The predicted molar refractivity (Wildman–Crippen MR) is 96.0 cm³/mol. The van der Waals surface area contributed by atoms with Crippen LogP contribution in [0.3, 0.4) is 0 Å². The van der Waals surface area contributed by atoms with Gasteiger partial charge >= 0.3 is 5.97 Å². The maximum absolute atomic E-state index is 14.0. The summed E-state index contributed by atoms with van der Waals surface area (Å²) in [4.78, 5) is 18.6. The van der Waals surface area contributed by atoms with E-state index in [1.54, 1.807) is 18.2 Å². The van der Waals surface area contributed by atoms with E-state index in [2.05, 4.69) is 20.6 Å². The zero-order chi connectivity index (χ0) is 19.4. The van der Waals surface area contributed by atoms with Crippen LogP contribution in [0.15, 0.2) is 66.0 Å². The fourth-order valence-corrected chi connectivity index (χ4v) is 2.37. The molecule has 1 aliphatic carbocycles. The number of phenols is 1. The van der Waals surface area contributed by atoms with Crippen LogP contribution in [-0.2, 0) is 4.79 Å². The summed E-state index contributed by atoms with van der Waals surface area (Å²) >= 11 is 0. The van der Waals surface area contributed by atoms with E-state index < -0.39 is 17.9 Å². The molecular formula is C18H15FN4O4. The molecule has 1 aromatic carbocycles. The summed E-state index contributed by atoms with van der Waals surface area (Å²) in [6.07, 6.45) is 5.15. The SMILES string of the molecule is O=C(O)C=C1C=CC=C(Nc2ncc(F)c(Nc3cccc(O)c3)n2)C1O. The number of carboxylic acids is 1. The van der Waals surface area contributed by atoms with Crippen LogP contribution >= 0.6 is 0 Å². The van der Waals surface area contributed by atoms with Crippen LogP contribution in [0.25, 0.3) is 0 Å². The number of carbonyl (C=O) groups is 1. The van der Waals surface area contributed by atoms with E-state index >= 15 is 0 Å². The molecule has 2 aromatic rings. The van der Waals surface area contributed by atoms with Crippen molar-refractivity contribution < 1.29 is 24.5 Å². The van der Waals surface area contributed by atoms with Gasteiger partial charge in [-0.25, -0.2) is 14.2 Å². The van der Waals surface area contributed by atoms with Crippen LogP contribution in [0.5, 0.6) is 5.75 Å². The minimum Gasteiger partial charge on any atom is -0.508 e. The third kappa shape index (κ3) is 4.47. The van der Waals surface area contributed by atoms with Gasteiger partial charge in [-0.3, -0.25) is 0 Å². The first-order chi connectivity index (χ1) is 12.9. The van der Waals surface area contributed by atoms with Gasteiger partial charge in [-0.2, -0.15) is 4.98 Å². The number of phenolic OH excluding ortho intramolecular Hbond substituents is 1. The Balaban J connectivity index is 1.81. The number of halogens is 1. The first-order valence-corrected chi connectivity index (χ1v) is 7.79. The molecule has 0 fully saturated rings. The summed E-state index contributed by atoms with van der Waals surface area (Å²) in [5, 5.41) is 34.0. The van der Waals surface area contributed by atoms with Crippen molar-refractivity contribution in [1.29, 1.82) is 0 Å². The van der Waals surface area contributed by atoms with E-state index in [0.29, 0.717) is 5.69 Å². The van der Waals surface area contributed by atoms with Gasteiger partial charge in [0.15, 0.2) is 11.6 Å². The molecule has 1 atom stereocenters. The fourth-order valence-electron chi connectivity index (χ4n) is 2.37. The minimum atomic E-state index is -1.22. The maximum atomic E-state index is 14.0. The van der Waals surface area contributed by atoms with Crippen molar-refractivity contribution >= 4 is 23.4 Å². The van der Waals surface area contributed by atoms with E-state index in [1.807, 2.05) is 0 Å². The van der Waals surface area contributed by atoms with Crippen LogP contribution in [0.1, 0.15) is 0 Å². The van der Waals surface area contributed by atoms with E-state index in [1.165, 1.54) is 24.3 Å². The number of nitrogens with one attached hydrogen (secondary N) is 2. The highest BCUT2D eigenvalue weighted by Crippen LogP contribution is 2.24. The number of hydrogen-bond donors (Lipinski definition) is 5. The van der Waals surface area contributed by atoms with Crippen LogP contribution in [0, 0.1) is 5.82 Å². The van der Waals surface area contributed by atoms with Crippen molar-refractivity contribution in [2.45, 2.75) is 6.10 Å². The molecule has 1 aliphatic rings. The number of nitrogens with zero attached hydrogens (tertiary/aromatic N) is 2. The highest BCUT2D eigenvalue weighted by molar-refractivity contribution is 5.82. The lowest BCUT2D eigenvalue weighted by molar-refractivity contribution is -0.131. The normalized spacial score (nSPS) is 17.5. The number of aliphatic carboxylic acids is 1. The third-order valence-electron chi connectivity index (χ3n) is 3.57. The van der Waals surface area contributed by atoms with Gasteiger partial charge in [-0.15, -0.1) is 0 Å². The van der Waals surface area contributed by atoms with Crippen LogP contribution in [-0.4, -0.2) is 37.4 Å². The second kappa shape index (κ2) is 7.67. The zero-order valence-corrected chi connectivity index (χ0v) is 13.8. The van der Waals surface area contributed by atoms with Crippen molar-refractivity contribution in [2.75, 3.05) is 10.6 Å². The number of hydrogen-bond acceptors (Lipinski definition) is 7. The van der Waals surface area contributed by atoms with Gasteiger partial charge in [0.2, 0.25) is 5.95 Å². The Bertz CT molecular complexity index is 972. The molecule has 0 saturated heterocycles. The molecule has 5 N–H and O–H groups in total. The second-order valence-electron chi connectivity index (χ2n) is 5.56. The average molecular weight is 370 g/mol. The molecule has 9 heteroatoms. The predicted octanol–water partition coefficient (Wildman–Crippen LogP) is 2.30. The van der Waals surface area contributed by atoms with Gasteiger partial charge in [0.25, 0.3) is 0 Å². The Morgan fingerprint density at radius 3 is 2.85 bits per heavy atom. The summed E-state index contributed by atoms with van der Waals surface area (Å²) in [7, 11) is 0. The van der Waals surface area contributed by atoms with Crippen molar-refractivity contribution in [3.63, 3.8) is 0 Å². The van der Waals surface area contributed by atoms with Gasteiger partial charge in [-0.1, -0.05) is 18.2 Å². The molecule has 0 radical (unpaired) electrons. The lowest BCUT2D eigenvalue weighted by Crippen LogP contribution is -2.22. The van der Waals surface area contributed by atoms with E-state index in [4.69, 9.17) is 5.11 Å². The van der Waals surface area contributed by atoms with E-state index in [0.717, 1.165) is 12.3 Å². The first kappa shape index (κ1) is 18.1. The number of aliphatic hydroxyl groups is 1. The number of carboxylic acid groups (broad SMARTS) is 1. The lowest BCUT2D eigenvalue weighted by atomic mass is 10.0. The van der Waals surface area contributed by atoms with Gasteiger partial charge < -0.3 is 26.0 Å². The van der Waals surface area contributed by atoms with Crippen LogP contribution in [0.4, 0.5) is 21.8 Å². The fraction of sp³-hybridized carbons (Fsp3) is 0.0556. The maximum Gasteiger partial charge on any atom is 0.328 e. The molecular weight excluding hydrogens is 355 g/mol. The summed E-state index contributed by atoms with van der Waals surface area (Å²) in [6.45, 7) is 0. The first-order valence-electron chi connectivity index (χ1n) is 7.79. The number of aromatic hydroxyl groups is 1. The van der Waals surface area contributed by atoms with E-state index in [9.17, 15) is 19.4 Å². The number of rotatable bonds is 5. The molecule has 3 rings (SSSR count). The second-order valence-corrected chi connectivity index (χ2v) is 5.56. The molecule has 1 aromatic heterocycles. The lowest BCUT2D eigenvalue weighted by Gasteiger charge is -2.20. The Morgan fingerprint density at radius 1 is 1.30 bits per heavy atom. The smallest absolute Gasteiger partial charge is 0.328 e. The summed E-state index contributed by atoms with van der Waals surface area (Å²) in [6, 6.07) is 6.08. The van der Waals surface area contributed by atoms with Crippen LogP contribution < -0.4 is 10.6 Å². The van der Waals surface area contributed by atoms with Crippen LogP contribution in [0.2, 0.25) is 0 Å². The molecule has 138 valence electrons. The summed E-state index contributed by atoms with van der Waals surface area (Å²) in [5.41, 5.74) is 0.831. The minimum absolute atomic E-state index is 0.00525. The highest BCUT2D eigenvalue weighted by atomic mass is 19.1. The van der Waals surface area contributed by atoms with Gasteiger partial charge in [-0.05, 0) is 23.8 Å². The molecule has 0 spiro atoms. The van der Waals surface area contributed by atoms with E-state index in [-0.39, 0.29) is 28.8 Å². The molecule has 0 amide bonds.